The summed E-state index contributed by atoms with van der Waals surface area (Å²) in [6.07, 6.45) is 2.44. The highest BCUT2D eigenvalue weighted by Gasteiger charge is 2.29. The van der Waals surface area contributed by atoms with E-state index in [2.05, 4.69) is 10.6 Å². The molecule has 0 spiro atoms. The topological polar surface area (TPSA) is 61.4 Å². The number of halogens is 1. The maximum absolute atomic E-state index is 14.8. The highest BCUT2D eigenvalue weighted by atomic mass is 19.1. The maximum Gasteiger partial charge on any atom is 0.229 e. The minimum atomic E-state index is -0.329. The van der Waals surface area contributed by atoms with Gasteiger partial charge in [0.25, 0.3) is 0 Å². The van der Waals surface area contributed by atoms with E-state index in [0.29, 0.717) is 44.5 Å². The van der Waals surface area contributed by atoms with Crippen molar-refractivity contribution in [2.24, 2.45) is 5.92 Å². The van der Waals surface area contributed by atoms with Crippen LogP contribution in [0.1, 0.15) is 29.5 Å². The van der Waals surface area contributed by atoms with E-state index in [9.17, 15) is 14.0 Å². The molecule has 0 aliphatic carbocycles. The monoisotopic (exact) mass is 395 g/mol. The number of carbonyl (C=O) groups is 2. The van der Waals surface area contributed by atoms with Gasteiger partial charge in [0.2, 0.25) is 11.8 Å². The maximum atomic E-state index is 14.8. The number of anilines is 1. The Morgan fingerprint density at radius 1 is 1.17 bits per heavy atom. The lowest BCUT2D eigenvalue weighted by molar-refractivity contribution is -0.133. The van der Waals surface area contributed by atoms with Gasteiger partial charge in [-0.05, 0) is 48.6 Å². The summed E-state index contributed by atoms with van der Waals surface area (Å²) in [4.78, 5) is 27.2. The molecule has 2 amide bonds. The predicted molar refractivity (Wildman–Crippen MR) is 110 cm³/mol. The molecule has 1 saturated heterocycles. The van der Waals surface area contributed by atoms with Gasteiger partial charge in [0, 0.05) is 19.6 Å². The zero-order valence-corrected chi connectivity index (χ0v) is 16.4. The molecule has 0 radical (unpaired) electrons. The molecule has 2 aromatic carbocycles. The SMILES string of the molecule is O=C(Nc1ccc2c(c1F)CCNC2)C1CCCN(C(=O)Cc2ccccc2)C1. The molecule has 2 aromatic rings. The van der Waals surface area contributed by atoms with E-state index < -0.39 is 0 Å². The van der Waals surface area contributed by atoms with Crippen molar-refractivity contribution in [3.8, 4) is 0 Å². The van der Waals surface area contributed by atoms with Crippen LogP contribution in [0.25, 0.3) is 0 Å². The van der Waals surface area contributed by atoms with Crippen molar-refractivity contribution in [2.75, 3.05) is 25.0 Å². The van der Waals surface area contributed by atoms with Gasteiger partial charge >= 0.3 is 0 Å². The Kier molecular flexibility index (Phi) is 5.90. The third-order valence-electron chi connectivity index (χ3n) is 5.81. The van der Waals surface area contributed by atoms with E-state index in [1.54, 1.807) is 11.0 Å². The molecule has 2 aliphatic rings. The summed E-state index contributed by atoms with van der Waals surface area (Å²) in [5.41, 5.74) is 2.84. The minimum absolute atomic E-state index is 0.0289. The first kappa shape index (κ1) is 19.6. The second kappa shape index (κ2) is 8.74. The fourth-order valence-corrected chi connectivity index (χ4v) is 4.16. The highest BCUT2D eigenvalue weighted by Crippen LogP contribution is 2.26. The number of likely N-dealkylation sites (tertiary alicyclic amines) is 1. The lowest BCUT2D eigenvalue weighted by Gasteiger charge is -2.32. The van der Waals surface area contributed by atoms with Crippen molar-refractivity contribution in [3.05, 3.63) is 65.0 Å². The van der Waals surface area contributed by atoms with E-state index in [-0.39, 0.29) is 29.2 Å². The summed E-state index contributed by atoms with van der Waals surface area (Å²) in [5.74, 6) is -0.832. The molecule has 0 saturated carbocycles. The molecule has 29 heavy (non-hydrogen) atoms. The second-order valence-corrected chi connectivity index (χ2v) is 7.82. The first-order chi connectivity index (χ1) is 14.1. The first-order valence-corrected chi connectivity index (χ1v) is 10.3. The van der Waals surface area contributed by atoms with Crippen LogP contribution in [0, 0.1) is 11.7 Å². The molecule has 1 atom stereocenters. The fourth-order valence-electron chi connectivity index (χ4n) is 4.16. The average Bonchev–Trinajstić information content (AvgIpc) is 2.76. The third kappa shape index (κ3) is 4.48. The molecule has 152 valence electrons. The summed E-state index contributed by atoms with van der Waals surface area (Å²) in [5, 5.41) is 5.99. The molecule has 0 bridgehead atoms. The van der Waals surface area contributed by atoms with Crippen LogP contribution in [0.5, 0.6) is 0 Å². The number of benzene rings is 2. The van der Waals surface area contributed by atoms with Gasteiger partial charge in [-0.15, -0.1) is 0 Å². The largest absolute Gasteiger partial charge is 0.342 e. The molecule has 1 fully saturated rings. The summed E-state index contributed by atoms with van der Waals surface area (Å²) in [6, 6.07) is 13.1. The van der Waals surface area contributed by atoms with E-state index >= 15 is 0 Å². The third-order valence-corrected chi connectivity index (χ3v) is 5.81. The molecule has 1 unspecified atom stereocenters. The van der Waals surface area contributed by atoms with E-state index in [4.69, 9.17) is 0 Å². The Morgan fingerprint density at radius 2 is 2.00 bits per heavy atom. The number of carbonyl (C=O) groups excluding carboxylic acids is 2. The Morgan fingerprint density at radius 3 is 2.83 bits per heavy atom. The van der Waals surface area contributed by atoms with Crippen molar-refractivity contribution >= 4 is 17.5 Å². The van der Waals surface area contributed by atoms with Gasteiger partial charge < -0.3 is 15.5 Å². The smallest absolute Gasteiger partial charge is 0.229 e. The zero-order valence-electron chi connectivity index (χ0n) is 16.4. The van der Waals surface area contributed by atoms with Crippen LogP contribution in [-0.2, 0) is 29.0 Å². The van der Waals surface area contributed by atoms with Crippen LogP contribution in [0.3, 0.4) is 0 Å². The van der Waals surface area contributed by atoms with Gasteiger partial charge in [0.1, 0.15) is 5.82 Å². The van der Waals surface area contributed by atoms with Crippen LogP contribution in [-0.4, -0.2) is 36.3 Å². The normalized spacial score (nSPS) is 18.8. The average molecular weight is 395 g/mol. The van der Waals surface area contributed by atoms with Crippen molar-refractivity contribution in [1.29, 1.82) is 0 Å². The van der Waals surface area contributed by atoms with Crippen LogP contribution in [0.4, 0.5) is 10.1 Å². The molecule has 2 aliphatic heterocycles. The number of piperidine rings is 1. The molecule has 4 rings (SSSR count). The van der Waals surface area contributed by atoms with Gasteiger partial charge in [-0.3, -0.25) is 9.59 Å². The van der Waals surface area contributed by atoms with Crippen LogP contribution < -0.4 is 10.6 Å². The summed E-state index contributed by atoms with van der Waals surface area (Å²) in [6.45, 7) is 2.44. The van der Waals surface area contributed by atoms with Gasteiger partial charge in [-0.1, -0.05) is 36.4 Å². The number of rotatable bonds is 4. The quantitative estimate of drug-likeness (QED) is 0.837. The number of amides is 2. The van der Waals surface area contributed by atoms with E-state index in [0.717, 1.165) is 24.1 Å². The van der Waals surface area contributed by atoms with Crippen LogP contribution >= 0.6 is 0 Å². The second-order valence-electron chi connectivity index (χ2n) is 7.82. The molecule has 2 N–H and O–H groups in total. The predicted octanol–water partition coefficient (Wildman–Crippen LogP) is 2.89. The first-order valence-electron chi connectivity index (χ1n) is 10.3. The lowest BCUT2D eigenvalue weighted by atomic mass is 9.95. The Labute approximate surface area is 170 Å². The van der Waals surface area contributed by atoms with Crippen molar-refractivity contribution < 1.29 is 14.0 Å². The fraction of sp³-hybridized carbons (Fsp3) is 0.391. The minimum Gasteiger partial charge on any atom is -0.342 e. The number of fused-ring (bicyclic) bond motifs is 1. The number of nitrogens with zero attached hydrogens (tertiary/aromatic N) is 1. The molecular weight excluding hydrogens is 369 g/mol. The van der Waals surface area contributed by atoms with Gasteiger partial charge in [-0.25, -0.2) is 4.39 Å². The summed E-state index contributed by atoms with van der Waals surface area (Å²) < 4.78 is 14.8. The number of nitrogens with one attached hydrogen (secondary N) is 2. The van der Waals surface area contributed by atoms with Crippen molar-refractivity contribution in [3.63, 3.8) is 0 Å². The highest BCUT2D eigenvalue weighted by molar-refractivity contribution is 5.93. The van der Waals surface area contributed by atoms with Gasteiger partial charge in [0.15, 0.2) is 0 Å². The summed E-state index contributed by atoms with van der Waals surface area (Å²) >= 11 is 0. The molecular formula is C23H26FN3O2. The zero-order chi connectivity index (χ0) is 20.2. The molecule has 5 nitrogen and oxygen atoms in total. The standard InChI is InChI=1S/C23H26FN3O2/c24-22-19-10-11-25-14-17(19)8-9-20(22)26-23(29)18-7-4-12-27(15-18)21(28)13-16-5-2-1-3-6-16/h1-3,5-6,8-9,18,25H,4,7,10-15H2,(H,26,29). The molecule has 2 heterocycles. The van der Waals surface area contributed by atoms with Crippen molar-refractivity contribution in [1.82, 2.24) is 10.2 Å². The van der Waals surface area contributed by atoms with E-state index in [1.807, 2.05) is 36.4 Å². The molecule has 0 aromatic heterocycles. The molecule has 6 heteroatoms. The number of hydrogen-bond donors (Lipinski definition) is 2. The Balaban J connectivity index is 1.39. The van der Waals surface area contributed by atoms with Crippen LogP contribution in [0.2, 0.25) is 0 Å². The van der Waals surface area contributed by atoms with E-state index in [1.165, 1.54) is 0 Å². The van der Waals surface area contributed by atoms with Gasteiger partial charge in [-0.2, -0.15) is 0 Å². The Bertz CT molecular complexity index is 900. The van der Waals surface area contributed by atoms with Gasteiger partial charge in [0.05, 0.1) is 18.0 Å². The Hall–Kier alpha value is -2.73. The lowest BCUT2D eigenvalue weighted by Crippen LogP contribution is -2.44. The number of hydrogen-bond acceptors (Lipinski definition) is 3. The summed E-state index contributed by atoms with van der Waals surface area (Å²) in [7, 11) is 0. The van der Waals surface area contributed by atoms with Crippen LogP contribution in [0.15, 0.2) is 42.5 Å². The van der Waals surface area contributed by atoms with Crippen molar-refractivity contribution in [2.45, 2.75) is 32.2 Å².